The third-order valence-electron chi connectivity index (χ3n) is 6.48. The van der Waals surface area contributed by atoms with Gasteiger partial charge in [0, 0.05) is 30.2 Å². The van der Waals surface area contributed by atoms with Crippen molar-refractivity contribution in [3.63, 3.8) is 0 Å². The van der Waals surface area contributed by atoms with Crippen LogP contribution in [0.4, 0.5) is 8.78 Å². The summed E-state index contributed by atoms with van der Waals surface area (Å²) < 4.78 is 32.7. The zero-order chi connectivity index (χ0) is 23.7. The molecule has 0 saturated carbocycles. The Morgan fingerprint density at radius 2 is 2.03 bits per heavy atom. The third-order valence-corrected chi connectivity index (χ3v) is 6.48. The van der Waals surface area contributed by atoms with Gasteiger partial charge in [0.1, 0.15) is 28.4 Å². The SMILES string of the molecule is COc1cccc2c([C@@H](O)CN3CCC(NCc4nc5c(F)cc(F)cc5[nH]4)CC3)ccnc12. The van der Waals surface area contributed by atoms with Crippen LogP contribution in [-0.4, -0.2) is 57.7 Å². The number of aromatic nitrogens is 3. The Hall–Kier alpha value is -3.14. The molecule has 1 aliphatic rings. The van der Waals surface area contributed by atoms with Gasteiger partial charge in [0.2, 0.25) is 0 Å². The zero-order valence-electron chi connectivity index (χ0n) is 18.9. The molecule has 1 fully saturated rings. The van der Waals surface area contributed by atoms with Gasteiger partial charge in [-0.15, -0.1) is 0 Å². The molecule has 2 aromatic heterocycles. The molecule has 3 N–H and O–H groups in total. The molecule has 0 spiro atoms. The van der Waals surface area contributed by atoms with Gasteiger partial charge in [-0.25, -0.2) is 13.8 Å². The molecule has 4 aromatic rings. The second kappa shape index (κ2) is 9.61. The molecule has 0 unspecified atom stereocenters. The summed E-state index contributed by atoms with van der Waals surface area (Å²) in [6, 6.07) is 9.97. The maximum atomic E-state index is 13.9. The smallest absolute Gasteiger partial charge is 0.153 e. The molecule has 9 heteroatoms. The average molecular weight is 468 g/mol. The lowest BCUT2D eigenvalue weighted by Gasteiger charge is -2.33. The molecule has 7 nitrogen and oxygen atoms in total. The first-order valence-electron chi connectivity index (χ1n) is 11.4. The van der Waals surface area contributed by atoms with Gasteiger partial charge in [0.05, 0.1) is 25.3 Å². The lowest BCUT2D eigenvalue weighted by atomic mass is 10.0. The van der Waals surface area contributed by atoms with Crippen molar-refractivity contribution >= 4 is 21.9 Å². The summed E-state index contributed by atoms with van der Waals surface area (Å²) >= 11 is 0. The largest absolute Gasteiger partial charge is 0.494 e. The normalized spacial score (nSPS) is 16.4. The van der Waals surface area contributed by atoms with Crippen LogP contribution < -0.4 is 10.1 Å². The highest BCUT2D eigenvalue weighted by Gasteiger charge is 2.23. The van der Waals surface area contributed by atoms with Crippen LogP contribution in [0.3, 0.4) is 0 Å². The quantitative estimate of drug-likeness (QED) is 0.384. The number of fused-ring (bicyclic) bond motifs is 2. The van der Waals surface area contributed by atoms with Crippen LogP contribution in [0.1, 0.15) is 30.3 Å². The summed E-state index contributed by atoms with van der Waals surface area (Å²) in [5, 5.41) is 15.3. The number of methoxy groups -OCH3 is 1. The summed E-state index contributed by atoms with van der Waals surface area (Å²) in [6.07, 6.45) is 2.91. The van der Waals surface area contributed by atoms with Crippen molar-refractivity contribution in [2.75, 3.05) is 26.7 Å². The number of likely N-dealkylation sites (tertiary alicyclic amines) is 1. The molecule has 0 aliphatic carbocycles. The van der Waals surface area contributed by atoms with Crippen molar-refractivity contribution in [3.05, 3.63) is 65.6 Å². The maximum Gasteiger partial charge on any atom is 0.153 e. The molecule has 0 bridgehead atoms. The van der Waals surface area contributed by atoms with E-state index in [1.165, 1.54) is 6.07 Å². The Morgan fingerprint density at radius 1 is 1.21 bits per heavy atom. The zero-order valence-corrected chi connectivity index (χ0v) is 18.9. The number of nitrogens with one attached hydrogen (secondary N) is 2. The number of para-hydroxylation sites is 1. The maximum absolute atomic E-state index is 13.9. The molecular formula is C25H27F2N5O2. The van der Waals surface area contributed by atoms with E-state index >= 15 is 0 Å². The van der Waals surface area contributed by atoms with E-state index < -0.39 is 17.7 Å². The van der Waals surface area contributed by atoms with Gasteiger partial charge in [-0.1, -0.05) is 12.1 Å². The third kappa shape index (κ3) is 4.59. The van der Waals surface area contributed by atoms with Gasteiger partial charge in [-0.05, 0) is 49.7 Å². The second-order valence-electron chi connectivity index (χ2n) is 8.70. The van der Waals surface area contributed by atoms with Crippen LogP contribution >= 0.6 is 0 Å². The highest BCUT2D eigenvalue weighted by Crippen LogP contribution is 2.29. The Balaban J connectivity index is 1.16. The van der Waals surface area contributed by atoms with Gasteiger partial charge in [0.15, 0.2) is 5.82 Å². The number of aliphatic hydroxyl groups is 1. The molecule has 1 saturated heterocycles. The summed E-state index contributed by atoms with van der Waals surface area (Å²) in [6.45, 7) is 2.69. The van der Waals surface area contributed by atoms with E-state index in [0.29, 0.717) is 30.2 Å². The first-order chi connectivity index (χ1) is 16.5. The molecular weight excluding hydrogens is 440 g/mol. The molecule has 5 rings (SSSR count). The van der Waals surface area contributed by atoms with Gasteiger partial charge < -0.3 is 25.0 Å². The number of rotatable bonds is 7. The van der Waals surface area contributed by atoms with Crippen molar-refractivity contribution in [2.24, 2.45) is 0 Å². The van der Waals surface area contributed by atoms with E-state index in [4.69, 9.17) is 4.74 Å². The van der Waals surface area contributed by atoms with Crippen molar-refractivity contribution < 1.29 is 18.6 Å². The number of imidazole rings is 1. The molecule has 2 aromatic carbocycles. The predicted molar refractivity (Wildman–Crippen MR) is 126 cm³/mol. The van der Waals surface area contributed by atoms with Crippen LogP contribution in [0, 0.1) is 11.6 Å². The van der Waals surface area contributed by atoms with E-state index in [0.717, 1.165) is 48.5 Å². The Bertz CT molecular complexity index is 1300. The number of ether oxygens (including phenoxy) is 1. The van der Waals surface area contributed by atoms with Crippen molar-refractivity contribution in [1.82, 2.24) is 25.2 Å². The van der Waals surface area contributed by atoms with E-state index in [9.17, 15) is 13.9 Å². The predicted octanol–water partition coefficient (Wildman–Crippen LogP) is 3.69. The number of H-pyrrole nitrogens is 1. The van der Waals surface area contributed by atoms with E-state index in [2.05, 4.69) is 25.2 Å². The van der Waals surface area contributed by atoms with E-state index in [1.54, 1.807) is 13.3 Å². The lowest BCUT2D eigenvalue weighted by molar-refractivity contribution is 0.0948. The molecule has 0 radical (unpaired) electrons. The molecule has 3 heterocycles. The first-order valence-corrected chi connectivity index (χ1v) is 11.4. The number of nitrogens with zero attached hydrogens (tertiary/aromatic N) is 3. The van der Waals surface area contributed by atoms with Crippen molar-refractivity contribution in [1.29, 1.82) is 0 Å². The number of aromatic amines is 1. The molecule has 1 atom stereocenters. The fourth-order valence-corrected chi connectivity index (χ4v) is 4.71. The summed E-state index contributed by atoms with van der Waals surface area (Å²) in [5.74, 6) is -0.0143. The summed E-state index contributed by atoms with van der Waals surface area (Å²) in [4.78, 5) is 13.9. The molecule has 178 valence electrons. The average Bonchev–Trinajstić information content (AvgIpc) is 3.26. The Morgan fingerprint density at radius 3 is 2.82 bits per heavy atom. The van der Waals surface area contributed by atoms with Gasteiger partial charge >= 0.3 is 0 Å². The fraction of sp³-hybridized carbons (Fsp3) is 0.360. The van der Waals surface area contributed by atoms with Gasteiger partial charge in [-0.2, -0.15) is 0 Å². The molecule has 34 heavy (non-hydrogen) atoms. The number of β-amino-alcohol motifs (C(OH)–C–C–N with tert-alkyl or cyclic N) is 1. The highest BCUT2D eigenvalue weighted by molar-refractivity contribution is 5.87. The minimum absolute atomic E-state index is 0.156. The first kappa shape index (κ1) is 22.6. The van der Waals surface area contributed by atoms with Crippen LogP contribution in [0.25, 0.3) is 21.9 Å². The van der Waals surface area contributed by atoms with Gasteiger partial charge in [-0.3, -0.25) is 4.98 Å². The van der Waals surface area contributed by atoms with Crippen LogP contribution in [0.5, 0.6) is 5.75 Å². The number of hydrogen-bond donors (Lipinski definition) is 3. The Labute approximate surface area is 195 Å². The Kier molecular flexibility index (Phi) is 6.40. The van der Waals surface area contributed by atoms with Crippen molar-refractivity contribution in [3.8, 4) is 5.75 Å². The topological polar surface area (TPSA) is 86.3 Å². The number of halogens is 2. The molecule has 0 amide bonds. The lowest BCUT2D eigenvalue weighted by Crippen LogP contribution is -2.43. The van der Waals surface area contributed by atoms with Gasteiger partial charge in [0.25, 0.3) is 0 Å². The van der Waals surface area contributed by atoms with E-state index in [1.807, 2.05) is 24.3 Å². The number of aliphatic hydroxyl groups excluding tert-OH is 1. The van der Waals surface area contributed by atoms with Crippen LogP contribution in [0.15, 0.2) is 42.6 Å². The minimum atomic E-state index is -0.662. The number of pyridine rings is 1. The number of benzene rings is 2. The summed E-state index contributed by atoms with van der Waals surface area (Å²) in [5.41, 5.74) is 2.11. The number of hydrogen-bond acceptors (Lipinski definition) is 6. The second-order valence-corrected chi connectivity index (χ2v) is 8.70. The van der Waals surface area contributed by atoms with Crippen LogP contribution in [-0.2, 0) is 6.54 Å². The minimum Gasteiger partial charge on any atom is -0.494 e. The fourth-order valence-electron chi connectivity index (χ4n) is 4.71. The molecule has 1 aliphatic heterocycles. The monoisotopic (exact) mass is 467 g/mol. The summed E-state index contributed by atoms with van der Waals surface area (Å²) in [7, 11) is 1.62. The standard InChI is InChI=1S/C25H27F2N5O2/c1-34-22-4-2-3-18-17(5-8-28-24(18)22)21(33)14-32-9-6-16(7-10-32)29-13-23-30-20-12-15(26)11-19(27)25(20)31-23/h2-5,8,11-12,16,21,29,33H,6-7,9-10,13-14H2,1H3,(H,30,31)/t21-/m0/s1. The highest BCUT2D eigenvalue weighted by atomic mass is 19.1. The number of piperidine rings is 1. The van der Waals surface area contributed by atoms with Crippen LogP contribution in [0.2, 0.25) is 0 Å². The van der Waals surface area contributed by atoms with E-state index in [-0.39, 0.29) is 11.6 Å². The van der Waals surface area contributed by atoms with Crippen molar-refractivity contribution in [2.45, 2.75) is 31.5 Å².